The van der Waals surface area contributed by atoms with Gasteiger partial charge in [0.1, 0.15) is 6.54 Å². The Morgan fingerprint density at radius 1 is 1.54 bits per heavy atom. The number of carbonyl (C=O) groups is 1. The quantitative estimate of drug-likeness (QED) is 0.666. The van der Waals surface area contributed by atoms with E-state index in [-0.39, 0.29) is 12.0 Å². The lowest BCUT2D eigenvalue weighted by molar-refractivity contribution is -0.118. The predicted molar refractivity (Wildman–Crippen MR) is 45.7 cm³/mol. The number of primary amides is 1. The van der Waals surface area contributed by atoms with Gasteiger partial charge in [0.05, 0.1) is 0 Å². The van der Waals surface area contributed by atoms with Gasteiger partial charge in [0.25, 0.3) is 0 Å². The fourth-order valence-electron chi connectivity index (χ4n) is 0.996. The second kappa shape index (κ2) is 3.12. The number of carbonyl (C=O) groups excluding carboxylic acids is 1. The summed E-state index contributed by atoms with van der Waals surface area (Å²) in [4.78, 5) is 10.7. The van der Waals surface area contributed by atoms with Gasteiger partial charge in [0, 0.05) is 5.41 Å². The zero-order chi connectivity index (χ0) is 10.1. The largest absolute Gasteiger partial charge is 0.368 e. The van der Waals surface area contributed by atoms with Crippen LogP contribution in [0, 0.1) is 0 Å². The molecule has 1 heterocycles. The molecule has 0 aliphatic rings. The summed E-state index contributed by atoms with van der Waals surface area (Å²) in [5.74, 6) is 0.212. The van der Waals surface area contributed by atoms with E-state index in [4.69, 9.17) is 5.73 Å². The first-order valence-corrected chi connectivity index (χ1v) is 3.96. The monoisotopic (exact) mass is 183 g/mol. The third kappa shape index (κ3) is 2.24. The van der Waals surface area contributed by atoms with E-state index >= 15 is 0 Å². The third-order valence-electron chi connectivity index (χ3n) is 1.51. The second-order valence-electron chi connectivity index (χ2n) is 3.88. The Hall–Kier alpha value is -1.46. The topological polar surface area (TPSA) is 86.7 Å². The predicted octanol–water partition coefficient (Wildman–Crippen LogP) is -0.544. The number of tetrazole rings is 1. The van der Waals surface area contributed by atoms with Gasteiger partial charge in [-0.25, -0.2) is 4.68 Å². The van der Waals surface area contributed by atoms with Crippen molar-refractivity contribution in [2.75, 3.05) is 0 Å². The summed E-state index contributed by atoms with van der Waals surface area (Å²) in [6.45, 7) is 5.93. The van der Waals surface area contributed by atoms with Gasteiger partial charge in [-0.15, -0.1) is 5.10 Å². The van der Waals surface area contributed by atoms with E-state index in [2.05, 4.69) is 15.5 Å². The minimum absolute atomic E-state index is 0.0274. The molecule has 0 aliphatic carbocycles. The van der Waals surface area contributed by atoms with Crippen LogP contribution < -0.4 is 5.73 Å². The van der Waals surface area contributed by atoms with Crippen LogP contribution in [0.4, 0.5) is 0 Å². The molecule has 1 rings (SSSR count). The molecule has 0 bridgehead atoms. The zero-order valence-corrected chi connectivity index (χ0v) is 7.98. The number of hydrogen-bond acceptors (Lipinski definition) is 4. The van der Waals surface area contributed by atoms with E-state index in [0.29, 0.717) is 5.82 Å². The van der Waals surface area contributed by atoms with Crippen LogP contribution in [0.2, 0.25) is 0 Å². The summed E-state index contributed by atoms with van der Waals surface area (Å²) in [5, 5.41) is 11.0. The van der Waals surface area contributed by atoms with Gasteiger partial charge in [-0.2, -0.15) is 0 Å². The molecule has 0 atom stereocenters. The number of amides is 1. The molecule has 6 heteroatoms. The molecule has 1 aromatic rings. The van der Waals surface area contributed by atoms with Gasteiger partial charge in [0.15, 0.2) is 5.82 Å². The number of aromatic nitrogens is 4. The molecule has 13 heavy (non-hydrogen) atoms. The third-order valence-corrected chi connectivity index (χ3v) is 1.51. The Morgan fingerprint density at radius 3 is 2.62 bits per heavy atom. The van der Waals surface area contributed by atoms with E-state index in [9.17, 15) is 4.79 Å². The van der Waals surface area contributed by atoms with Crippen molar-refractivity contribution in [1.29, 1.82) is 0 Å². The van der Waals surface area contributed by atoms with Crippen LogP contribution >= 0.6 is 0 Å². The fourth-order valence-corrected chi connectivity index (χ4v) is 0.996. The molecule has 0 spiro atoms. The molecule has 0 aliphatic heterocycles. The highest BCUT2D eigenvalue weighted by Crippen LogP contribution is 2.17. The maximum Gasteiger partial charge on any atom is 0.239 e. The lowest BCUT2D eigenvalue weighted by Crippen LogP contribution is -2.26. The Kier molecular flexibility index (Phi) is 2.31. The van der Waals surface area contributed by atoms with E-state index < -0.39 is 5.91 Å². The van der Waals surface area contributed by atoms with Crippen LogP contribution in [-0.2, 0) is 16.8 Å². The van der Waals surface area contributed by atoms with Gasteiger partial charge in [-0.3, -0.25) is 4.79 Å². The molecule has 0 fully saturated rings. The van der Waals surface area contributed by atoms with Crippen molar-refractivity contribution < 1.29 is 4.79 Å². The highest BCUT2D eigenvalue weighted by atomic mass is 16.1. The molecular weight excluding hydrogens is 170 g/mol. The van der Waals surface area contributed by atoms with Crippen molar-refractivity contribution in [2.45, 2.75) is 32.7 Å². The molecule has 72 valence electrons. The molecule has 2 N–H and O–H groups in total. The highest BCUT2D eigenvalue weighted by Gasteiger charge is 2.22. The van der Waals surface area contributed by atoms with Gasteiger partial charge >= 0.3 is 0 Å². The molecule has 0 radical (unpaired) electrons. The first-order valence-electron chi connectivity index (χ1n) is 3.96. The fraction of sp³-hybridized carbons (Fsp3) is 0.714. The molecule has 0 saturated heterocycles. The van der Waals surface area contributed by atoms with Crippen LogP contribution in [0.1, 0.15) is 26.6 Å². The molecule has 0 aromatic carbocycles. The smallest absolute Gasteiger partial charge is 0.239 e. The van der Waals surface area contributed by atoms with Crippen molar-refractivity contribution in [3.05, 3.63) is 5.82 Å². The van der Waals surface area contributed by atoms with Gasteiger partial charge < -0.3 is 5.73 Å². The molecule has 0 saturated carbocycles. The van der Waals surface area contributed by atoms with Crippen LogP contribution in [0.15, 0.2) is 0 Å². The number of nitrogens with two attached hydrogens (primary N) is 1. The zero-order valence-electron chi connectivity index (χ0n) is 7.98. The van der Waals surface area contributed by atoms with Crippen molar-refractivity contribution in [3.63, 3.8) is 0 Å². The summed E-state index contributed by atoms with van der Waals surface area (Å²) in [6.07, 6.45) is 0. The van der Waals surface area contributed by atoms with Crippen LogP contribution in [0.25, 0.3) is 0 Å². The Labute approximate surface area is 76.1 Å². The maximum absolute atomic E-state index is 10.7. The van der Waals surface area contributed by atoms with E-state index in [1.54, 1.807) is 0 Å². The van der Waals surface area contributed by atoms with Crippen molar-refractivity contribution >= 4 is 5.91 Å². The van der Waals surface area contributed by atoms with Crippen LogP contribution in [0.5, 0.6) is 0 Å². The van der Waals surface area contributed by atoms with Gasteiger partial charge in [0.2, 0.25) is 5.91 Å². The number of rotatable bonds is 2. The first-order chi connectivity index (χ1) is 5.91. The average Bonchev–Trinajstić information content (AvgIpc) is 2.31. The standard InChI is InChI=1S/C7H13N5O/c1-7(2,3)6-9-10-11-12(6)4-5(8)13/h4H2,1-3H3,(H2,8,13). The normalized spacial score (nSPS) is 11.6. The minimum atomic E-state index is -0.446. The van der Waals surface area contributed by atoms with Gasteiger partial charge in [-0.05, 0) is 10.4 Å². The SMILES string of the molecule is CC(C)(C)c1nnnn1CC(N)=O. The van der Waals surface area contributed by atoms with Crippen molar-refractivity contribution in [3.8, 4) is 0 Å². The average molecular weight is 183 g/mol. The summed E-state index contributed by atoms with van der Waals surface area (Å²) in [6, 6.07) is 0. The summed E-state index contributed by atoms with van der Waals surface area (Å²) >= 11 is 0. The molecular formula is C7H13N5O. The Bertz CT molecular complexity index is 311. The van der Waals surface area contributed by atoms with E-state index in [0.717, 1.165) is 0 Å². The minimum Gasteiger partial charge on any atom is -0.368 e. The highest BCUT2D eigenvalue weighted by molar-refractivity contribution is 5.73. The van der Waals surface area contributed by atoms with E-state index in [1.807, 2.05) is 20.8 Å². The lowest BCUT2D eigenvalue weighted by atomic mass is 9.96. The van der Waals surface area contributed by atoms with E-state index in [1.165, 1.54) is 4.68 Å². The maximum atomic E-state index is 10.7. The van der Waals surface area contributed by atoms with Crippen LogP contribution in [0.3, 0.4) is 0 Å². The number of nitrogens with zero attached hydrogens (tertiary/aromatic N) is 4. The lowest BCUT2D eigenvalue weighted by Gasteiger charge is -2.16. The Morgan fingerprint density at radius 2 is 2.15 bits per heavy atom. The molecule has 1 amide bonds. The molecule has 0 unspecified atom stereocenters. The second-order valence-corrected chi connectivity index (χ2v) is 3.88. The molecule has 6 nitrogen and oxygen atoms in total. The summed E-state index contributed by atoms with van der Waals surface area (Å²) in [7, 11) is 0. The summed E-state index contributed by atoms with van der Waals surface area (Å²) < 4.78 is 1.42. The van der Waals surface area contributed by atoms with Crippen molar-refractivity contribution in [1.82, 2.24) is 20.2 Å². The van der Waals surface area contributed by atoms with Gasteiger partial charge in [-0.1, -0.05) is 20.8 Å². The molecule has 1 aromatic heterocycles. The van der Waals surface area contributed by atoms with Crippen LogP contribution in [-0.4, -0.2) is 26.1 Å². The number of hydrogen-bond donors (Lipinski definition) is 1. The first kappa shape index (κ1) is 9.63. The van der Waals surface area contributed by atoms with Crippen molar-refractivity contribution in [2.24, 2.45) is 5.73 Å². The Balaban J connectivity index is 2.96. The summed E-state index contributed by atoms with van der Waals surface area (Å²) in [5.41, 5.74) is 4.86.